The fourth-order valence-corrected chi connectivity index (χ4v) is 3.01. The Morgan fingerprint density at radius 2 is 1.89 bits per heavy atom. The lowest BCUT2D eigenvalue weighted by Crippen LogP contribution is -2.43. The van der Waals surface area contributed by atoms with Gasteiger partial charge in [0.05, 0.1) is 5.69 Å². The lowest BCUT2D eigenvalue weighted by Gasteiger charge is -2.30. The van der Waals surface area contributed by atoms with E-state index in [2.05, 4.69) is 47.9 Å². The molecule has 0 aliphatic carbocycles. The summed E-state index contributed by atoms with van der Waals surface area (Å²) in [5.74, 6) is 0. The van der Waals surface area contributed by atoms with Crippen molar-refractivity contribution in [1.82, 2.24) is 20.2 Å². The summed E-state index contributed by atoms with van der Waals surface area (Å²) in [6.07, 6.45) is 4.00. The van der Waals surface area contributed by atoms with E-state index in [0.717, 1.165) is 12.2 Å². The lowest BCUT2D eigenvalue weighted by atomic mass is 10.1. The smallest absolute Gasteiger partial charge is 0.0644 e. The Morgan fingerprint density at radius 1 is 1.22 bits per heavy atom. The maximum Gasteiger partial charge on any atom is 0.0644 e. The largest absolute Gasteiger partial charge is 0.270 e. The summed E-state index contributed by atoms with van der Waals surface area (Å²) >= 11 is 0. The van der Waals surface area contributed by atoms with Crippen LogP contribution in [0.5, 0.6) is 0 Å². The van der Waals surface area contributed by atoms with E-state index in [0.29, 0.717) is 6.04 Å². The molecule has 4 nitrogen and oxygen atoms in total. The van der Waals surface area contributed by atoms with Gasteiger partial charge in [-0.2, -0.15) is 5.10 Å². The number of rotatable bonds is 4. The number of piperidine rings is 1. The lowest BCUT2D eigenvalue weighted by molar-refractivity contribution is 0.132. The first-order valence-electron chi connectivity index (χ1n) is 7.18. The predicted molar refractivity (Wildman–Crippen MR) is 74.3 cm³/mol. The van der Waals surface area contributed by atoms with Gasteiger partial charge < -0.3 is 0 Å². The van der Waals surface area contributed by atoms with Crippen molar-refractivity contribution in [3.05, 3.63) is 17.0 Å². The van der Waals surface area contributed by atoms with Crippen LogP contribution in [0, 0.1) is 13.8 Å². The van der Waals surface area contributed by atoms with E-state index in [1.807, 2.05) is 0 Å². The first kappa shape index (κ1) is 13.6. The Labute approximate surface area is 110 Å². The van der Waals surface area contributed by atoms with Gasteiger partial charge in [-0.25, -0.2) is 10.4 Å². The van der Waals surface area contributed by atoms with Crippen LogP contribution in [0.25, 0.3) is 0 Å². The van der Waals surface area contributed by atoms with Crippen LogP contribution in [0.4, 0.5) is 0 Å². The van der Waals surface area contributed by atoms with Crippen LogP contribution in [0.15, 0.2) is 0 Å². The maximum atomic E-state index is 4.60. The van der Waals surface area contributed by atoms with Gasteiger partial charge in [0, 0.05) is 36.9 Å². The molecule has 0 spiro atoms. The highest BCUT2D eigenvalue weighted by molar-refractivity contribution is 5.27. The summed E-state index contributed by atoms with van der Waals surface area (Å²) in [6, 6.07) is 0.350. The number of hydrazine groups is 1. The summed E-state index contributed by atoms with van der Waals surface area (Å²) in [4.78, 5) is 0. The van der Waals surface area contributed by atoms with Gasteiger partial charge in [-0.1, -0.05) is 6.42 Å². The van der Waals surface area contributed by atoms with Crippen LogP contribution in [0.1, 0.15) is 56.1 Å². The zero-order valence-corrected chi connectivity index (χ0v) is 12.2. The fraction of sp³-hybridized carbons (Fsp3) is 0.786. The molecule has 1 aliphatic heterocycles. The monoisotopic (exact) mass is 250 g/mol. The second kappa shape index (κ2) is 5.85. The average molecular weight is 250 g/mol. The van der Waals surface area contributed by atoms with Crippen molar-refractivity contribution in [3.8, 4) is 0 Å². The quantitative estimate of drug-likeness (QED) is 0.891. The van der Waals surface area contributed by atoms with Crippen LogP contribution >= 0.6 is 0 Å². The summed E-state index contributed by atoms with van der Waals surface area (Å²) in [5, 5.41) is 6.97. The van der Waals surface area contributed by atoms with Crippen LogP contribution < -0.4 is 5.43 Å². The van der Waals surface area contributed by atoms with Crippen molar-refractivity contribution in [2.75, 3.05) is 13.1 Å². The highest BCUT2D eigenvalue weighted by Crippen LogP contribution is 2.22. The van der Waals surface area contributed by atoms with Crippen molar-refractivity contribution in [2.45, 2.75) is 59.5 Å². The molecule has 4 heteroatoms. The van der Waals surface area contributed by atoms with Crippen LogP contribution in [-0.4, -0.2) is 27.9 Å². The Bertz CT molecular complexity index is 391. The number of hydrogen-bond donors (Lipinski definition) is 1. The Kier molecular flexibility index (Phi) is 4.40. The molecule has 1 fully saturated rings. The third-order valence-electron chi connectivity index (χ3n) is 3.90. The summed E-state index contributed by atoms with van der Waals surface area (Å²) in [6.45, 7) is 12.0. The van der Waals surface area contributed by atoms with Crippen LogP contribution in [0.3, 0.4) is 0 Å². The van der Waals surface area contributed by atoms with E-state index in [1.165, 1.54) is 43.6 Å². The molecule has 0 radical (unpaired) electrons. The molecule has 1 aromatic rings. The summed E-state index contributed by atoms with van der Waals surface area (Å²) in [5.41, 5.74) is 7.45. The fourth-order valence-electron chi connectivity index (χ4n) is 3.01. The first-order chi connectivity index (χ1) is 8.63. The number of aryl methyl sites for hydroxylation is 2. The normalized spacial score (nSPS) is 19.1. The molecule has 18 heavy (non-hydrogen) atoms. The number of nitrogens with zero attached hydrogens (tertiary/aromatic N) is 3. The van der Waals surface area contributed by atoms with Gasteiger partial charge in [-0.3, -0.25) is 4.68 Å². The van der Waals surface area contributed by atoms with Crippen LogP contribution in [0.2, 0.25) is 0 Å². The van der Waals surface area contributed by atoms with Crippen molar-refractivity contribution in [2.24, 2.45) is 0 Å². The molecule has 2 rings (SSSR count). The van der Waals surface area contributed by atoms with Gasteiger partial charge in [0.15, 0.2) is 0 Å². The van der Waals surface area contributed by atoms with E-state index < -0.39 is 0 Å². The third-order valence-corrected chi connectivity index (χ3v) is 3.90. The van der Waals surface area contributed by atoms with Gasteiger partial charge in [-0.15, -0.1) is 0 Å². The van der Waals surface area contributed by atoms with E-state index in [9.17, 15) is 0 Å². The van der Waals surface area contributed by atoms with Crippen molar-refractivity contribution < 1.29 is 0 Å². The first-order valence-corrected chi connectivity index (χ1v) is 7.18. The second-order valence-electron chi connectivity index (χ2n) is 5.30. The molecule has 0 saturated carbocycles. The second-order valence-corrected chi connectivity index (χ2v) is 5.30. The number of hydrogen-bond acceptors (Lipinski definition) is 3. The topological polar surface area (TPSA) is 33.1 Å². The van der Waals surface area contributed by atoms with E-state index in [4.69, 9.17) is 0 Å². The maximum absolute atomic E-state index is 4.60. The standard InChI is InChI=1S/C14H26N4/c1-5-18-13(4)14(12(3)16-18)11(2)15-17-9-7-6-8-10-17/h11,15H,5-10H2,1-4H3. The molecule has 1 unspecified atom stereocenters. The highest BCUT2D eigenvalue weighted by atomic mass is 15.5. The van der Waals surface area contributed by atoms with E-state index in [-0.39, 0.29) is 0 Å². The molecule has 1 saturated heterocycles. The predicted octanol–water partition coefficient (Wildman–Crippen LogP) is 2.57. The molecule has 0 bridgehead atoms. The molecular weight excluding hydrogens is 224 g/mol. The van der Waals surface area contributed by atoms with E-state index >= 15 is 0 Å². The Balaban J connectivity index is 2.07. The highest BCUT2D eigenvalue weighted by Gasteiger charge is 2.19. The molecular formula is C14H26N4. The van der Waals surface area contributed by atoms with Crippen molar-refractivity contribution >= 4 is 0 Å². The molecule has 1 aromatic heterocycles. The molecule has 102 valence electrons. The minimum absolute atomic E-state index is 0.350. The summed E-state index contributed by atoms with van der Waals surface area (Å²) < 4.78 is 2.10. The Hall–Kier alpha value is -0.870. The zero-order valence-electron chi connectivity index (χ0n) is 12.2. The zero-order chi connectivity index (χ0) is 13.1. The minimum atomic E-state index is 0.350. The SMILES string of the molecule is CCn1nc(C)c(C(C)NN2CCCCC2)c1C. The average Bonchev–Trinajstić information content (AvgIpc) is 2.65. The molecule has 0 aromatic carbocycles. The van der Waals surface area contributed by atoms with Gasteiger partial charge in [0.25, 0.3) is 0 Å². The van der Waals surface area contributed by atoms with Crippen molar-refractivity contribution in [3.63, 3.8) is 0 Å². The minimum Gasteiger partial charge on any atom is -0.270 e. The van der Waals surface area contributed by atoms with E-state index in [1.54, 1.807) is 0 Å². The van der Waals surface area contributed by atoms with Gasteiger partial charge in [0.2, 0.25) is 0 Å². The van der Waals surface area contributed by atoms with Gasteiger partial charge in [0.1, 0.15) is 0 Å². The molecule has 2 heterocycles. The molecule has 0 amide bonds. The molecule has 1 N–H and O–H groups in total. The van der Waals surface area contributed by atoms with Gasteiger partial charge in [-0.05, 0) is 40.5 Å². The Morgan fingerprint density at radius 3 is 2.44 bits per heavy atom. The van der Waals surface area contributed by atoms with Crippen molar-refractivity contribution in [1.29, 1.82) is 0 Å². The van der Waals surface area contributed by atoms with Gasteiger partial charge >= 0.3 is 0 Å². The number of nitrogens with one attached hydrogen (secondary N) is 1. The molecule has 1 aliphatic rings. The van der Waals surface area contributed by atoms with Crippen LogP contribution in [-0.2, 0) is 6.54 Å². The third kappa shape index (κ3) is 2.75. The number of aromatic nitrogens is 2. The molecule has 1 atom stereocenters. The summed E-state index contributed by atoms with van der Waals surface area (Å²) in [7, 11) is 0.